The molecule has 0 saturated carbocycles. The van der Waals surface area contributed by atoms with Gasteiger partial charge < -0.3 is 4.90 Å². The summed E-state index contributed by atoms with van der Waals surface area (Å²) in [6, 6.07) is 21.6. The zero-order valence-corrected chi connectivity index (χ0v) is 16.7. The van der Waals surface area contributed by atoms with Crippen molar-refractivity contribution in [3.05, 3.63) is 66.2 Å². The first-order chi connectivity index (χ1) is 13.4. The van der Waals surface area contributed by atoms with Crippen molar-refractivity contribution in [3.63, 3.8) is 0 Å². The van der Waals surface area contributed by atoms with Crippen molar-refractivity contribution < 1.29 is 0 Å². The summed E-state index contributed by atoms with van der Waals surface area (Å²) in [5, 5.41) is 0. The molecule has 0 spiro atoms. The standard InChI is InChI=1S/C25H34N2/c1-2-4-6-14-20-25(26-21-15-7-5-3-1)27(24-18-12-9-13-19-24)22-23-16-10-8-11-17-23/h8-13,16-19H,1-7,14-15,20-22H2/b26-25-. The van der Waals surface area contributed by atoms with Gasteiger partial charge in [0.15, 0.2) is 0 Å². The van der Waals surface area contributed by atoms with E-state index in [2.05, 4.69) is 65.6 Å². The Kier molecular flexibility index (Phi) is 8.44. The van der Waals surface area contributed by atoms with Gasteiger partial charge in [0.2, 0.25) is 0 Å². The van der Waals surface area contributed by atoms with Crippen LogP contribution in [-0.2, 0) is 6.54 Å². The van der Waals surface area contributed by atoms with Crippen molar-refractivity contribution in [1.29, 1.82) is 0 Å². The third kappa shape index (κ3) is 6.86. The largest absolute Gasteiger partial charge is 0.326 e. The molecule has 0 unspecified atom stereocenters. The van der Waals surface area contributed by atoms with Gasteiger partial charge in [-0.1, -0.05) is 93.5 Å². The summed E-state index contributed by atoms with van der Waals surface area (Å²) in [5.41, 5.74) is 2.59. The third-order valence-electron chi connectivity index (χ3n) is 5.42. The summed E-state index contributed by atoms with van der Waals surface area (Å²) in [7, 11) is 0. The number of hydrogen-bond donors (Lipinski definition) is 0. The Morgan fingerprint density at radius 3 is 1.85 bits per heavy atom. The van der Waals surface area contributed by atoms with Crippen LogP contribution in [0.15, 0.2) is 65.7 Å². The lowest BCUT2D eigenvalue weighted by molar-refractivity contribution is 0.567. The molecule has 0 aromatic heterocycles. The number of hydrogen-bond acceptors (Lipinski definition) is 2. The molecule has 2 heteroatoms. The van der Waals surface area contributed by atoms with Gasteiger partial charge in [0.25, 0.3) is 0 Å². The maximum Gasteiger partial charge on any atom is 0.104 e. The van der Waals surface area contributed by atoms with Gasteiger partial charge in [-0.2, -0.15) is 0 Å². The fourth-order valence-corrected chi connectivity index (χ4v) is 3.85. The molecule has 3 rings (SSSR count). The van der Waals surface area contributed by atoms with Crippen LogP contribution in [-0.4, -0.2) is 12.4 Å². The van der Waals surface area contributed by atoms with Crippen molar-refractivity contribution in [2.75, 3.05) is 11.4 Å². The molecule has 0 N–H and O–H groups in total. The molecule has 2 nitrogen and oxygen atoms in total. The first-order valence-electron chi connectivity index (χ1n) is 10.8. The van der Waals surface area contributed by atoms with E-state index in [1.165, 1.54) is 74.9 Å². The minimum atomic E-state index is 0.893. The second-order valence-electron chi connectivity index (χ2n) is 7.64. The highest BCUT2D eigenvalue weighted by Crippen LogP contribution is 2.21. The first-order valence-corrected chi connectivity index (χ1v) is 10.8. The summed E-state index contributed by atoms with van der Waals surface area (Å²) in [6.07, 6.45) is 13.2. The van der Waals surface area contributed by atoms with Gasteiger partial charge in [-0.05, 0) is 30.5 Å². The van der Waals surface area contributed by atoms with Crippen molar-refractivity contribution >= 4 is 11.5 Å². The van der Waals surface area contributed by atoms with E-state index >= 15 is 0 Å². The van der Waals surface area contributed by atoms with Crippen molar-refractivity contribution in [1.82, 2.24) is 0 Å². The predicted octanol–water partition coefficient (Wildman–Crippen LogP) is 7.01. The highest BCUT2D eigenvalue weighted by atomic mass is 15.2. The highest BCUT2D eigenvalue weighted by molar-refractivity contribution is 5.97. The topological polar surface area (TPSA) is 15.6 Å². The lowest BCUT2D eigenvalue weighted by Crippen LogP contribution is -2.30. The number of amidine groups is 1. The van der Waals surface area contributed by atoms with Crippen LogP contribution < -0.4 is 4.90 Å². The van der Waals surface area contributed by atoms with Crippen molar-refractivity contribution in [2.45, 2.75) is 70.8 Å². The summed E-state index contributed by atoms with van der Waals surface area (Å²) < 4.78 is 0. The Morgan fingerprint density at radius 2 is 1.19 bits per heavy atom. The number of aliphatic imine (C=N–C) groups is 1. The Bertz CT molecular complexity index is 663. The molecule has 2 aromatic rings. The zero-order valence-electron chi connectivity index (χ0n) is 16.7. The normalized spacial score (nSPS) is 19.0. The molecule has 0 amide bonds. The Hall–Kier alpha value is -2.09. The van der Waals surface area contributed by atoms with Crippen LogP contribution in [0, 0.1) is 0 Å². The van der Waals surface area contributed by atoms with Gasteiger partial charge in [-0.3, -0.25) is 4.99 Å². The summed E-state index contributed by atoms with van der Waals surface area (Å²) in [6.45, 7) is 1.86. The highest BCUT2D eigenvalue weighted by Gasteiger charge is 2.14. The van der Waals surface area contributed by atoms with E-state index in [4.69, 9.17) is 4.99 Å². The maximum atomic E-state index is 5.10. The molecule has 0 saturated heterocycles. The summed E-state index contributed by atoms with van der Waals surface area (Å²) >= 11 is 0. The average molecular weight is 363 g/mol. The van der Waals surface area contributed by atoms with Crippen molar-refractivity contribution in [2.24, 2.45) is 4.99 Å². The summed E-state index contributed by atoms with van der Waals surface area (Å²) in [4.78, 5) is 7.54. The molecule has 27 heavy (non-hydrogen) atoms. The van der Waals surface area contributed by atoms with Crippen LogP contribution in [0.4, 0.5) is 5.69 Å². The maximum absolute atomic E-state index is 5.10. The smallest absolute Gasteiger partial charge is 0.104 e. The number of benzene rings is 2. The van der Waals surface area contributed by atoms with Crippen LogP contribution in [0.25, 0.3) is 0 Å². The van der Waals surface area contributed by atoms with E-state index in [9.17, 15) is 0 Å². The minimum Gasteiger partial charge on any atom is -0.326 e. The van der Waals surface area contributed by atoms with Gasteiger partial charge in [-0.25, -0.2) is 0 Å². The molecule has 2 aromatic carbocycles. The molecule has 0 atom stereocenters. The Morgan fingerprint density at radius 1 is 0.630 bits per heavy atom. The lowest BCUT2D eigenvalue weighted by atomic mass is 10.1. The number of rotatable bonds is 3. The molecule has 0 radical (unpaired) electrons. The molecule has 0 bridgehead atoms. The van der Waals surface area contributed by atoms with E-state index < -0.39 is 0 Å². The average Bonchev–Trinajstić information content (AvgIpc) is 2.75. The molecule has 1 aliphatic heterocycles. The molecular weight excluding hydrogens is 328 g/mol. The van der Waals surface area contributed by atoms with Gasteiger partial charge in [0, 0.05) is 25.2 Å². The molecule has 144 valence electrons. The zero-order chi connectivity index (χ0) is 18.6. The van der Waals surface area contributed by atoms with E-state index in [1.54, 1.807) is 0 Å². The van der Waals surface area contributed by atoms with E-state index in [-0.39, 0.29) is 0 Å². The van der Waals surface area contributed by atoms with E-state index in [0.717, 1.165) is 19.5 Å². The summed E-state index contributed by atoms with van der Waals surface area (Å²) in [5.74, 6) is 1.27. The van der Waals surface area contributed by atoms with E-state index in [0.29, 0.717) is 0 Å². The third-order valence-corrected chi connectivity index (χ3v) is 5.42. The first kappa shape index (κ1) is 19.7. The minimum absolute atomic E-state index is 0.893. The second kappa shape index (κ2) is 11.6. The van der Waals surface area contributed by atoms with Crippen LogP contribution in [0.1, 0.15) is 69.8 Å². The molecular formula is C25H34N2. The molecule has 0 aliphatic carbocycles. The number of para-hydroxylation sites is 1. The van der Waals surface area contributed by atoms with Gasteiger partial charge in [-0.15, -0.1) is 0 Å². The number of anilines is 1. The van der Waals surface area contributed by atoms with Gasteiger partial charge >= 0.3 is 0 Å². The molecule has 0 fully saturated rings. The fraction of sp³-hybridized carbons (Fsp3) is 0.480. The molecule has 1 heterocycles. The quantitative estimate of drug-likeness (QED) is 0.573. The second-order valence-corrected chi connectivity index (χ2v) is 7.64. The van der Waals surface area contributed by atoms with Crippen LogP contribution in [0.5, 0.6) is 0 Å². The van der Waals surface area contributed by atoms with Gasteiger partial charge in [0.05, 0.1) is 0 Å². The lowest BCUT2D eigenvalue weighted by Gasteiger charge is -2.27. The predicted molar refractivity (Wildman–Crippen MR) is 118 cm³/mol. The van der Waals surface area contributed by atoms with E-state index in [1.807, 2.05) is 0 Å². The van der Waals surface area contributed by atoms with Crippen LogP contribution in [0.2, 0.25) is 0 Å². The van der Waals surface area contributed by atoms with Gasteiger partial charge in [0.1, 0.15) is 5.84 Å². The van der Waals surface area contributed by atoms with Crippen LogP contribution >= 0.6 is 0 Å². The Labute approximate surface area is 165 Å². The Balaban J connectivity index is 1.80. The van der Waals surface area contributed by atoms with Crippen molar-refractivity contribution in [3.8, 4) is 0 Å². The molecule has 1 aliphatic rings. The fourth-order valence-electron chi connectivity index (χ4n) is 3.85. The SMILES string of the molecule is c1ccc(CN(/C2=N\CCCCCCCCCCC2)c2ccccc2)cc1. The monoisotopic (exact) mass is 362 g/mol. The van der Waals surface area contributed by atoms with Crippen LogP contribution in [0.3, 0.4) is 0 Å². The number of nitrogens with zero attached hydrogens (tertiary/aromatic N) is 2.